The predicted molar refractivity (Wildman–Crippen MR) is 139 cm³/mol. The SMILES string of the molecule is COC(=O)/C1=C/[C@@H]2[C@@H](C(C)C)CC=C(C)[C@@H]2C[C@H](OC(=O)/C=C/c2cn(C)cn2)[C@]2(C)C=C[C@@]1(OC)O2. The number of aromatic nitrogens is 2. The molecule has 8 nitrogen and oxygen atoms in total. The fourth-order valence-electron chi connectivity index (χ4n) is 5.85. The number of rotatable bonds is 6. The largest absolute Gasteiger partial charge is 0.466 e. The summed E-state index contributed by atoms with van der Waals surface area (Å²) in [6.45, 7) is 8.37. The van der Waals surface area contributed by atoms with Crippen molar-refractivity contribution in [1.29, 1.82) is 0 Å². The van der Waals surface area contributed by atoms with E-state index in [2.05, 4.69) is 31.8 Å². The van der Waals surface area contributed by atoms with E-state index in [1.54, 1.807) is 23.0 Å². The highest BCUT2D eigenvalue weighted by Gasteiger charge is 2.55. The summed E-state index contributed by atoms with van der Waals surface area (Å²) < 4.78 is 25.5. The van der Waals surface area contributed by atoms with Gasteiger partial charge in [0, 0.05) is 26.4 Å². The quantitative estimate of drug-likeness (QED) is 0.319. The summed E-state index contributed by atoms with van der Waals surface area (Å²) >= 11 is 0. The first-order valence-electron chi connectivity index (χ1n) is 12.8. The van der Waals surface area contributed by atoms with Gasteiger partial charge in [-0.15, -0.1) is 0 Å². The van der Waals surface area contributed by atoms with Crippen molar-refractivity contribution in [2.45, 2.75) is 58.0 Å². The van der Waals surface area contributed by atoms with Crippen LogP contribution in [0.2, 0.25) is 0 Å². The highest BCUT2D eigenvalue weighted by atomic mass is 16.7. The fourth-order valence-corrected chi connectivity index (χ4v) is 5.85. The van der Waals surface area contributed by atoms with Crippen LogP contribution in [-0.2, 0) is 35.6 Å². The minimum atomic E-state index is -1.44. The standard InChI is InChI=1S/C29H38N2O6/c1-18(2)21-10-8-19(3)22-15-25(36-26(32)11-9-20-16-31(5)17-30-20)28(4)12-13-29(35-7,37-28)24(14-23(21)22)27(33)34-6/h8-9,11-14,16-18,21-23,25H,10,15H2,1-7H3/b11-9+,24-14-/t21-,22+,23-,25+,28+,29-/m1/s1. The van der Waals surface area contributed by atoms with E-state index in [0.29, 0.717) is 23.6 Å². The number of fused-ring (bicyclic) bond motifs is 3. The topological polar surface area (TPSA) is 88.9 Å². The first kappa shape index (κ1) is 27.1. The molecule has 200 valence electrons. The van der Waals surface area contributed by atoms with Gasteiger partial charge in [-0.1, -0.05) is 31.6 Å². The number of hydrogen-bond acceptors (Lipinski definition) is 7. The van der Waals surface area contributed by atoms with Crippen molar-refractivity contribution in [2.75, 3.05) is 14.2 Å². The molecule has 2 aliphatic heterocycles. The maximum absolute atomic E-state index is 13.1. The molecule has 1 aromatic heterocycles. The summed E-state index contributed by atoms with van der Waals surface area (Å²) in [5.74, 6) is -1.72. The van der Waals surface area contributed by atoms with E-state index >= 15 is 0 Å². The number of allylic oxidation sites excluding steroid dienone is 3. The van der Waals surface area contributed by atoms with Crippen molar-refractivity contribution >= 4 is 18.0 Å². The van der Waals surface area contributed by atoms with Gasteiger partial charge >= 0.3 is 11.9 Å². The summed E-state index contributed by atoms with van der Waals surface area (Å²) in [5.41, 5.74) is 1.16. The van der Waals surface area contributed by atoms with Gasteiger partial charge in [-0.3, -0.25) is 0 Å². The van der Waals surface area contributed by atoms with Crippen LogP contribution in [0.15, 0.2) is 54.1 Å². The number of carbonyl (C=O) groups excluding carboxylic acids is 2. The molecule has 2 bridgehead atoms. The summed E-state index contributed by atoms with van der Waals surface area (Å²) in [7, 11) is 4.73. The Labute approximate surface area is 219 Å². The number of carbonyl (C=O) groups is 2. The molecule has 6 atom stereocenters. The van der Waals surface area contributed by atoms with Crippen LogP contribution in [0.1, 0.15) is 46.2 Å². The highest BCUT2D eigenvalue weighted by molar-refractivity contribution is 5.91. The molecule has 0 unspecified atom stereocenters. The molecule has 0 aromatic carbocycles. The van der Waals surface area contributed by atoms with Crippen molar-refractivity contribution in [1.82, 2.24) is 9.55 Å². The number of aryl methyl sites for hydroxylation is 1. The lowest BCUT2D eigenvalue weighted by atomic mass is 9.65. The van der Waals surface area contributed by atoms with E-state index in [0.717, 1.165) is 6.42 Å². The van der Waals surface area contributed by atoms with E-state index in [1.165, 1.54) is 25.9 Å². The second kappa shape index (κ2) is 10.4. The van der Waals surface area contributed by atoms with Gasteiger partial charge in [0.15, 0.2) is 0 Å². The van der Waals surface area contributed by atoms with Crippen LogP contribution in [0.3, 0.4) is 0 Å². The van der Waals surface area contributed by atoms with E-state index in [9.17, 15) is 9.59 Å². The van der Waals surface area contributed by atoms with Crippen LogP contribution >= 0.6 is 0 Å². The predicted octanol–water partition coefficient (Wildman–Crippen LogP) is 4.39. The Bertz CT molecular complexity index is 1160. The Balaban J connectivity index is 1.76. The molecular formula is C29H38N2O6. The molecule has 3 heterocycles. The van der Waals surface area contributed by atoms with Gasteiger partial charge < -0.3 is 23.5 Å². The van der Waals surface area contributed by atoms with Crippen LogP contribution in [0.4, 0.5) is 0 Å². The van der Waals surface area contributed by atoms with Crippen LogP contribution in [0.25, 0.3) is 6.08 Å². The van der Waals surface area contributed by atoms with Crippen LogP contribution in [0.5, 0.6) is 0 Å². The summed E-state index contributed by atoms with van der Waals surface area (Å²) in [5, 5.41) is 0. The minimum absolute atomic E-state index is 0.0105. The number of ether oxygens (including phenoxy) is 4. The molecule has 3 aliphatic rings. The van der Waals surface area contributed by atoms with E-state index in [4.69, 9.17) is 18.9 Å². The molecule has 1 aliphatic carbocycles. The molecule has 0 saturated carbocycles. The van der Waals surface area contributed by atoms with Gasteiger partial charge in [0.1, 0.15) is 11.7 Å². The number of hydrogen-bond donors (Lipinski definition) is 0. The summed E-state index contributed by atoms with van der Waals surface area (Å²) in [6, 6.07) is 0. The zero-order valence-corrected chi connectivity index (χ0v) is 22.8. The normalized spacial score (nSPS) is 34.7. The third-order valence-electron chi connectivity index (χ3n) is 8.04. The van der Waals surface area contributed by atoms with E-state index < -0.39 is 29.4 Å². The Morgan fingerprint density at radius 3 is 2.65 bits per heavy atom. The van der Waals surface area contributed by atoms with Gasteiger partial charge in [-0.2, -0.15) is 0 Å². The van der Waals surface area contributed by atoms with Gasteiger partial charge in [-0.25, -0.2) is 14.6 Å². The lowest BCUT2D eigenvalue weighted by Crippen LogP contribution is -2.48. The first-order valence-corrected chi connectivity index (χ1v) is 12.8. The second-order valence-corrected chi connectivity index (χ2v) is 10.8. The van der Waals surface area contributed by atoms with Gasteiger partial charge in [0.2, 0.25) is 5.79 Å². The Morgan fingerprint density at radius 2 is 2.03 bits per heavy atom. The van der Waals surface area contributed by atoms with Crippen LogP contribution < -0.4 is 0 Å². The molecule has 0 saturated heterocycles. The first-order chi connectivity index (χ1) is 17.5. The highest BCUT2D eigenvalue weighted by Crippen LogP contribution is 2.49. The fraction of sp³-hybridized carbons (Fsp3) is 0.552. The van der Waals surface area contributed by atoms with Crippen LogP contribution in [0, 0.1) is 23.7 Å². The van der Waals surface area contributed by atoms with Crippen molar-refractivity contribution in [2.24, 2.45) is 30.7 Å². The average molecular weight is 511 g/mol. The molecule has 37 heavy (non-hydrogen) atoms. The van der Waals surface area contributed by atoms with E-state index in [-0.39, 0.29) is 17.8 Å². The summed E-state index contributed by atoms with van der Waals surface area (Å²) in [6.07, 6.45) is 15.1. The monoisotopic (exact) mass is 510 g/mol. The smallest absolute Gasteiger partial charge is 0.339 e. The van der Waals surface area contributed by atoms with Crippen LogP contribution in [-0.4, -0.2) is 53.2 Å². The molecule has 0 N–H and O–H groups in total. The lowest BCUT2D eigenvalue weighted by Gasteiger charge is -2.41. The number of nitrogens with zero attached hydrogens (tertiary/aromatic N) is 2. The Kier molecular flexibility index (Phi) is 7.62. The zero-order valence-electron chi connectivity index (χ0n) is 22.8. The minimum Gasteiger partial charge on any atom is -0.466 e. The average Bonchev–Trinajstić information content (AvgIpc) is 3.45. The third-order valence-corrected chi connectivity index (χ3v) is 8.04. The van der Waals surface area contributed by atoms with Gasteiger partial charge in [0.05, 0.1) is 24.7 Å². The lowest BCUT2D eigenvalue weighted by molar-refractivity contribution is -0.227. The third kappa shape index (κ3) is 5.22. The van der Waals surface area contributed by atoms with Crippen molar-refractivity contribution in [3.63, 3.8) is 0 Å². The maximum Gasteiger partial charge on any atom is 0.339 e. The zero-order chi connectivity index (χ0) is 27.0. The second-order valence-electron chi connectivity index (χ2n) is 10.8. The van der Waals surface area contributed by atoms with Crippen molar-refractivity contribution < 1.29 is 28.5 Å². The number of methoxy groups -OCH3 is 2. The van der Waals surface area contributed by atoms with Crippen molar-refractivity contribution in [3.8, 4) is 0 Å². The Morgan fingerprint density at radius 1 is 1.27 bits per heavy atom. The maximum atomic E-state index is 13.1. The molecular weight excluding hydrogens is 472 g/mol. The van der Waals surface area contributed by atoms with Crippen molar-refractivity contribution in [3.05, 3.63) is 59.7 Å². The molecule has 8 heteroatoms. The summed E-state index contributed by atoms with van der Waals surface area (Å²) in [4.78, 5) is 30.4. The molecule has 0 amide bonds. The van der Waals surface area contributed by atoms with Gasteiger partial charge in [-0.05, 0) is 68.6 Å². The molecule has 0 radical (unpaired) electrons. The molecule has 4 rings (SSSR count). The molecule has 1 aromatic rings. The van der Waals surface area contributed by atoms with E-state index in [1.807, 2.05) is 32.3 Å². The molecule has 0 fully saturated rings. The number of esters is 2. The molecule has 0 spiro atoms. The van der Waals surface area contributed by atoms with Gasteiger partial charge in [0.25, 0.3) is 0 Å². The Hall–Kier alpha value is -2.97. The number of imidazole rings is 1.